The van der Waals surface area contributed by atoms with E-state index < -0.39 is 0 Å². The quantitative estimate of drug-likeness (QED) is 0.640. The monoisotopic (exact) mass is 209 g/mol. The smallest absolute Gasteiger partial charge is 0.234 e. The highest BCUT2D eigenvalue weighted by atomic mass is 16.1. The van der Waals surface area contributed by atoms with Crippen molar-refractivity contribution >= 4 is 5.91 Å². The maximum Gasteiger partial charge on any atom is 0.234 e. The Bertz CT molecular complexity index is 248. The second-order valence-electron chi connectivity index (χ2n) is 4.10. The minimum absolute atomic E-state index is 0.00928. The maximum atomic E-state index is 11.3. The van der Waals surface area contributed by atoms with Gasteiger partial charge in [0.05, 0.1) is 19.0 Å². The molecule has 0 aromatic heterocycles. The van der Waals surface area contributed by atoms with Crippen LogP contribution in [0.5, 0.6) is 0 Å². The first-order valence-electron chi connectivity index (χ1n) is 5.61. The summed E-state index contributed by atoms with van der Waals surface area (Å²) >= 11 is 0. The largest absolute Gasteiger partial charge is 0.354 e. The molecule has 2 N–H and O–H groups in total. The van der Waals surface area contributed by atoms with Gasteiger partial charge in [0.1, 0.15) is 0 Å². The van der Waals surface area contributed by atoms with Crippen LogP contribution in [0.25, 0.3) is 0 Å². The van der Waals surface area contributed by atoms with Crippen LogP contribution in [0.3, 0.4) is 0 Å². The molecule has 1 rings (SSSR count). The Labute approximate surface area is 91.0 Å². The van der Waals surface area contributed by atoms with Crippen LogP contribution in [0.15, 0.2) is 0 Å². The molecule has 1 saturated carbocycles. The molecule has 84 valence electrons. The van der Waals surface area contributed by atoms with Gasteiger partial charge < -0.3 is 10.6 Å². The Morgan fingerprint density at radius 3 is 2.73 bits per heavy atom. The van der Waals surface area contributed by atoms with E-state index in [2.05, 4.69) is 17.6 Å². The molecule has 4 nitrogen and oxygen atoms in total. The lowest BCUT2D eigenvalue weighted by molar-refractivity contribution is -0.120. The molecule has 1 aliphatic carbocycles. The summed E-state index contributed by atoms with van der Waals surface area (Å²) < 4.78 is 0. The number of carbonyl (C=O) groups excluding carboxylic acids is 1. The average molecular weight is 209 g/mol. The molecule has 0 bridgehead atoms. The lowest BCUT2D eigenvalue weighted by Gasteiger charge is -2.42. The summed E-state index contributed by atoms with van der Waals surface area (Å²) in [7, 11) is 0. The summed E-state index contributed by atoms with van der Waals surface area (Å²) in [6.45, 7) is 2.98. The second kappa shape index (κ2) is 5.72. The minimum atomic E-state index is -0.00928. The molecule has 0 aliphatic heterocycles. The summed E-state index contributed by atoms with van der Waals surface area (Å²) in [5, 5.41) is 14.3. The maximum absolute atomic E-state index is 11.3. The standard InChI is InChI=1S/C11H19N3O/c1-2-11(5-3-6-11)14-9-10(15)13-8-4-7-12/h14H,2-6,8-9H2,1H3,(H,13,15). The molecule has 0 radical (unpaired) electrons. The van der Waals surface area contributed by atoms with Crippen LogP contribution in [0, 0.1) is 11.3 Å². The second-order valence-corrected chi connectivity index (χ2v) is 4.10. The van der Waals surface area contributed by atoms with E-state index in [4.69, 9.17) is 5.26 Å². The molecule has 15 heavy (non-hydrogen) atoms. The lowest BCUT2D eigenvalue weighted by atomic mass is 9.75. The van der Waals surface area contributed by atoms with E-state index in [-0.39, 0.29) is 11.4 Å². The van der Waals surface area contributed by atoms with Crippen LogP contribution in [-0.4, -0.2) is 24.5 Å². The fourth-order valence-electron chi connectivity index (χ4n) is 1.85. The highest BCUT2D eigenvalue weighted by Crippen LogP contribution is 2.34. The van der Waals surface area contributed by atoms with Gasteiger partial charge in [-0.05, 0) is 25.7 Å². The minimum Gasteiger partial charge on any atom is -0.354 e. The predicted octanol–water partition coefficient (Wildman–Crippen LogP) is 0.939. The van der Waals surface area contributed by atoms with Crippen molar-refractivity contribution in [1.82, 2.24) is 10.6 Å². The molecule has 0 heterocycles. The van der Waals surface area contributed by atoms with Gasteiger partial charge in [0, 0.05) is 12.1 Å². The number of nitrogens with one attached hydrogen (secondary N) is 2. The Morgan fingerprint density at radius 1 is 1.53 bits per heavy atom. The van der Waals surface area contributed by atoms with Gasteiger partial charge >= 0.3 is 0 Å². The number of carbonyl (C=O) groups is 1. The molecule has 0 unspecified atom stereocenters. The van der Waals surface area contributed by atoms with E-state index in [1.807, 2.05) is 6.07 Å². The Morgan fingerprint density at radius 2 is 2.27 bits per heavy atom. The molecule has 0 aromatic carbocycles. The first-order valence-corrected chi connectivity index (χ1v) is 5.61. The molecule has 0 spiro atoms. The van der Waals surface area contributed by atoms with E-state index >= 15 is 0 Å². The molecular formula is C11H19N3O. The zero-order valence-electron chi connectivity index (χ0n) is 9.31. The van der Waals surface area contributed by atoms with Crippen LogP contribution < -0.4 is 10.6 Å². The molecule has 0 saturated heterocycles. The van der Waals surface area contributed by atoms with E-state index in [1.165, 1.54) is 19.3 Å². The van der Waals surface area contributed by atoms with E-state index in [9.17, 15) is 4.79 Å². The van der Waals surface area contributed by atoms with Crippen LogP contribution in [0.2, 0.25) is 0 Å². The molecular weight excluding hydrogens is 190 g/mol. The summed E-state index contributed by atoms with van der Waals surface area (Å²) in [6.07, 6.45) is 5.07. The van der Waals surface area contributed by atoms with Crippen LogP contribution in [0.1, 0.15) is 39.0 Å². The fourth-order valence-corrected chi connectivity index (χ4v) is 1.85. The molecule has 0 aromatic rings. The Balaban J connectivity index is 2.13. The third-order valence-corrected chi connectivity index (χ3v) is 3.17. The first-order chi connectivity index (χ1) is 7.22. The van der Waals surface area contributed by atoms with Crippen molar-refractivity contribution in [3.63, 3.8) is 0 Å². The summed E-state index contributed by atoms with van der Waals surface area (Å²) in [5.41, 5.74) is 0.215. The number of hydrogen-bond acceptors (Lipinski definition) is 3. The van der Waals surface area contributed by atoms with Gasteiger partial charge in [0.25, 0.3) is 0 Å². The number of rotatable bonds is 6. The van der Waals surface area contributed by atoms with E-state index in [1.54, 1.807) is 0 Å². The third kappa shape index (κ3) is 3.52. The molecule has 1 aliphatic rings. The van der Waals surface area contributed by atoms with Crippen molar-refractivity contribution in [2.75, 3.05) is 13.1 Å². The Hall–Kier alpha value is -1.08. The predicted molar refractivity (Wildman–Crippen MR) is 58.1 cm³/mol. The summed E-state index contributed by atoms with van der Waals surface area (Å²) in [4.78, 5) is 11.3. The average Bonchev–Trinajstić information content (AvgIpc) is 2.17. The van der Waals surface area contributed by atoms with Gasteiger partial charge in [-0.3, -0.25) is 4.79 Å². The number of nitriles is 1. The van der Waals surface area contributed by atoms with Gasteiger partial charge in [-0.25, -0.2) is 0 Å². The van der Waals surface area contributed by atoms with Crippen LogP contribution >= 0.6 is 0 Å². The summed E-state index contributed by atoms with van der Waals surface area (Å²) in [6, 6.07) is 1.99. The highest BCUT2D eigenvalue weighted by molar-refractivity contribution is 5.78. The molecule has 1 amide bonds. The number of hydrogen-bond donors (Lipinski definition) is 2. The van der Waals surface area contributed by atoms with Gasteiger partial charge in [-0.1, -0.05) is 6.92 Å². The van der Waals surface area contributed by atoms with Gasteiger partial charge in [0.2, 0.25) is 5.91 Å². The fraction of sp³-hybridized carbons (Fsp3) is 0.818. The molecule has 1 fully saturated rings. The number of amides is 1. The molecule has 4 heteroatoms. The SMILES string of the molecule is CCC1(NCC(=O)NCCC#N)CCC1. The van der Waals surface area contributed by atoms with Crippen LogP contribution in [0.4, 0.5) is 0 Å². The third-order valence-electron chi connectivity index (χ3n) is 3.17. The van der Waals surface area contributed by atoms with Crippen molar-refractivity contribution in [2.45, 2.75) is 44.6 Å². The topological polar surface area (TPSA) is 64.9 Å². The van der Waals surface area contributed by atoms with Crippen molar-refractivity contribution in [3.05, 3.63) is 0 Å². The van der Waals surface area contributed by atoms with Gasteiger partial charge in [-0.15, -0.1) is 0 Å². The first kappa shape index (κ1) is 12.0. The van der Waals surface area contributed by atoms with Crippen molar-refractivity contribution < 1.29 is 4.79 Å². The van der Waals surface area contributed by atoms with Gasteiger partial charge in [-0.2, -0.15) is 5.26 Å². The van der Waals surface area contributed by atoms with E-state index in [0.717, 1.165) is 6.42 Å². The highest BCUT2D eigenvalue weighted by Gasteiger charge is 2.34. The van der Waals surface area contributed by atoms with Gasteiger partial charge in [0.15, 0.2) is 0 Å². The van der Waals surface area contributed by atoms with Crippen molar-refractivity contribution in [3.8, 4) is 6.07 Å². The normalized spacial score (nSPS) is 17.6. The summed E-state index contributed by atoms with van der Waals surface area (Å²) in [5.74, 6) is -0.00928. The van der Waals surface area contributed by atoms with Crippen molar-refractivity contribution in [2.24, 2.45) is 0 Å². The number of nitrogens with zero attached hydrogens (tertiary/aromatic N) is 1. The zero-order valence-corrected chi connectivity index (χ0v) is 9.31. The van der Waals surface area contributed by atoms with E-state index in [0.29, 0.717) is 19.5 Å². The van der Waals surface area contributed by atoms with Crippen LogP contribution in [-0.2, 0) is 4.79 Å². The lowest BCUT2D eigenvalue weighted by Crippen LogP contribution is -2.53. The van der Waals surface area contributed by atoms with Crippen molar-refractivity contribution in [1.29, 1.82) is 5.26 Å². The molecule has 0 atom stereocenters. The Kier molecular flexibility index (Phi) is 4.57. The zero-order chi connectivity index (χ0) is 11.1.